The SMILES string of the molecule is CN1CC(=O)N2[C@@H](C1=O)[C@H]1C(=O)c3ccccc3N(N=O)C1(O)[C@H]2c1ccc2c(c1)OCO2. The zero-order valence-corrected chi connectivity index (χ0v) is 17.4. The van der Waals surface area contributed by atoms with Gasteiger partial charge in [-0.05, 0) is 29.8 Å². The highest BCUT2D eigenvalue weighted by atomic mass is 16.7. The van der Waals surface area contributed by atoms with E-state index >= 15 is 0 Å². The van der Waals surface area contributed by atoms with Crippen LogP contribution in [-0.2, 0) is 9.59 Å². The molecule has 0 aliphatic carbocycles. The Kier molecular flexibility index (Phi) is 3.88. The predicted molar refractivity (Wildman–Crippen MR) is 111 cm³/mol. The van der Waals surface area contributed by atoms with Crippen molar-refractivity contribution in [3.63, 3.8) is 0 Å². The van der Waals surface area contributed by atoms with Gasteiger partial charge in [-0.15, -0.1) is 4.91 Å². The van der Waals surface area contributed by atoms with Crippen molar-refractivity contribution in [3.8, 4) is 11.5 Å². The molecule has 0 aromatic heterocycles. The number of ether oxygens (including phenoxy) is 2. The molecule has 4 heterocycles. The van der Waals surface area contributed by atoms with Crippen molar-refractivity contribution in [3.05, 3.63) is 58.5 Å². The summed E-state index contributed by atoms with van der Waals surface area (Å²) in [5.74, 6) is -2.07. The standard InChI is InChI=1S/C22H18N4O7/c1-24-9-16(27)25-18(21(24)29)17-19(28)12-4-2-3-5-13(12)26(23-31)22(17,30)20(25)11-6-7-14-15(8-11)33-10-32-14/h2-8,17-18,20,30H,9-10H2,1H3/t17-,18+,20+,22?/m0/s1. The summed E-state index contributed by atoms with van der Waals surface area (Å²) >= 11 is 0. The maximum Gasteiger partial charge on any atom is 0.246 e. The fourth-order valence-corrected chi connectivity index (χ4v) is 5.49. The van der Waals surface area contributed by atoms with E-state index in [0.717, 1.165) is 5.01 Å². The van der Waals surface area contributed by atoms with Gasteiger partial charge in [0, 0.05) is 12.6 Å². The van der Waals surface area contributed by atoms with Crippen LogP contribution in [0.15, 0.2) is 47.8 Å². The highest BCUT2D eigenvalue weighted by molar-refractivity contribution is 6.10. The third-order valence-electron chi connectivity index (χ3n) is 6.86. The molecular formula is C22H18N4O7. The Morgan fingerprint density at radius 1 is 1.09 bits per heavy atom. The number of nitrogens with zero attached hydrogens (tertiary/aromatic N) is 4. The zero-order chi connectivity index (χ0) is 23.1. The first-order chi connectivity index (χ1) is 15.9. The van der Waals surface area contributed by atoms with Crippen molar-refractivity contribution in [2.75, 3.05) is 25.4 Å². The molecule has 4 aliphatic heterocycles. The Balaban J connectivity index is 1.63. The number of nitroso groups, excluding NO2 is 1. The molecule has 2 amide bonds. The minimum atomic E-state index is -2.30. The van der Waals surface area contributed by atoms with Crippen LogP contribution in [0.3, 0.4) is 0 Å². The van der Waals surface area contributed by atoms with Crippen LogP contribution in [0.4, 0.5) is 5.69 Å². The highest BCUT2D eigenvalue weighted by Crippen LogP contribution is 2.57. The number of fused-ring (bicyclic) bond motifs is 5. The van der Waals surface area contributed by atoms with Crippen molar-refractivity contribution in [2.24, 2.45) is 11.2 Å². The Labute approximate surface area is 187 Å². The topological polar surface area (TPSA) is 129 Å². The maximum absolute atomic E-state index is 13.7. The number of benzene rings is 2. The molecule has 0 bridgehead atoms. The molecule has 11 heteroatoms. The number of rotatable bonds is 2. The molecule has 11 nitrogen and oxygen atoms in total. The van der Waals surface area contributed by atoms with Crippen LogP contribution in [0.2, 0.25) is 0 Å². The van der Waals surface area contributed by atoms with Gasteiger partial charge in [0.2, 0.25) is 18.6 Å². The van der Waals surface area contributed by atoms with Gasteiger partial charge in [0.1, 0.15) is 18.0 Å². The van der Waals surface area contributed by atoms with Crippen LogP contribution in [0.25, 0.3) is 0 Å². The molecule has 2 saturated heterocycles. The van der Waals surface area contributed by atoms with E-state index in [9.17, 15) is 24.4 Å². The van der Waals surface area contributed by atoms with E-state index in [-0.39, 0.29) is 24.6 Å². The molecule has 1 N–H and O–H groups in total. The first-order valence-electron chi connectivity index (χ1n) is 10.3. The lowest BCUT2D eigenvalue weighted by molar-refractivity contribution is -0.155. The van der Waals surface area contributed by atoms with Gasteiger partial charge in [-0.3, -0.25) is 14.4 Å². The number of hydrogen-bond donors (Lipinski definition) is 1. The summed E-state index contributed by atoms with van der Waals surface area (Å²) in [6, 6.07) is 8.47. The third kappa shape index (κ3) is 2.34. The predicted octanol–water partition coefficient (Wildman–Crippen LogP) is 0.828. The van der Waals surface area contributed by atoms with Crippen molar-refractivity contribution in [1.82, 2.24) is 9.80 Å². The molecule has 0 spiro atoms. The summed E-state index contributed by atoms with van der Waals surface area (Å²) in [6.45, 7) is -0.215. The average molecular weight is 450 g/mol. The van der Waals surface area contributed by atoms with Crippen LogP contribution in [0, 0.1) is 10.8 Å². The summed E-state index contributed by atoms with van der Waals surface area (Å²) < 4.78 is 10.8. The lowest BCUT2D eigenvalue weighted by Crippen LogP contribution is -2.61. The second-order valence-corrected chi connectivity index (χ2v) is 8.49. The summed E-state index contributed by atoms with van der Waals surface area (Å²) in [6.07, 6.45) is 0. The van der Waals surface area contributed by atoms with E-state index < -0.39 is 41.3 Å². The van der Waals surface area contributed by atoms with E-state index in [4.69, 9.17) is 9.47 Å². The lowest BCUT2D eigenvalue weighted by Gasteiger charge is -2.43. The molecule has 4 aliphatic rings. The van der Waals surface area contributed by atoms with Crippen molar-refractivity contribution in [2.45, 2.75) is 17.8 Å². The summed E-state index contributed by atoms with van der Waals surface area (Å²) in [7, 11) is 1.46. The number of carbonyl (C=O) groups excluding carboxylic acids is 3. The molecule has 6 rings (SSSR count). The van der Waals surface area contributed by atoms with Gasteiger partial charge in [-0.1, -0.05) is 18.2 Å². The van der Waals surface area contributed by atoms with E-state index in [1.165, 1.54) is 29.0 Å². The molecule has 2 fully saturated rings. The minimum absolute atomic E-state index is 0.0127. The summed E-state index contributed by atoms with van der Waals surface area (Å²) in [5.41, 5.74) is -1.68. The first kappa shape index (κ1) is 19.7. The first-order valence-corrected chi connectivity index (χ1v) is 10.3. The minimum Gasteiger partial charge on any atom is -0.454 e. The van der Waals surface area contributed by atoms with Crippen molar-refractivity contribution in [1.29, 1.82) is 0 Å². The molecule has 2 aromatic carbocycles. The quantitative estimate of drug-likeness (QED) is 0.666. The van der Waals surface area contributed by atoms with Crippen molar-refractivity contribution >= 4 is 23.3 Å². The number of hydrogen-bond acceptors (Lipinski definition) is 8. The molecule has 1 unspecified atom stereocenters. The number of amides is 2. The van der Waals surface area contributed by atoms with Crippen molar-refractivity contribution < 1.29 is 29.0 Å². The van der Waals surface area contributed by atoms with Crippen LogP contribution in [0.5, 0.6) is 11.5 Å². The molecule has 0 radical (unpaired) electrons. The molecule has 168 valence electrons. The number of Topliss-reactive ketones (excluding diaryl/α,β-unsaturated/α-hetero) is 1. The second kappa shape index (κ2) is 6.51. The monoisotopic (exact) mass is 450 g/mol. The Morgan fingerprint density at radius 2 is 1.85 bits per heavy atom. The average Bonchev–Trinajstić information content (AvgIpc) is 3.38. The van der Waals surface area contributed by atoms with Gasteiger partial charge in [0.25, 0.3) is 0 Å². The number of anilines is 1. The summed E-state index contributed by atoms with van der Waals surface area (Å²) in [5, 5.41) is 16.1. The zero-order valence-electron chi connectivity index (χ0n) is 17.4. The molecule has 4 atom stereocenters. The number of carbonyl (C=O) groups is 3. The summed E-state index contributed by atoms with van der Waals surface area (Å²) in [4.78, 5) is 54.7. The van der Waals surface area contributed by atoms with Gasteiger partial charge in [-0.25, -0.2) is 0 Å². The number of likely N-dealkylation sites (N-methyl/N-ethyl adjacent to an activating group) is 1. The number of aliphatic hydroxyl groups is 1. The van der Waals surface area contributed by atoms with Crippen LogP contribution in [-0.4, -0.2) is 64.7 Å². The van der Waals surface area contributed by atoms with E-state index in [1.807, 2.05) is 0 Å². The molecular weight excluding hydrogens is 432 g/mol. The molecule has 33 heavy (non-hydrogen) atoms. The van der Waals surface area contributed by atoms with Gasteiger partial charge >= 0.3 is 0 Å². The van der Waals surface area contributed by atoms with E-state index in [1.54, 1.807) is 30.3 Å². The van der Waals surface area contributed by atoms with Gasteiger partial charge in [-0.2, -0.15) is 5.01 Å². The highest BCUT2D eigenvalue weighted by Gasteiger charge is 2.72. The normalized spacial score (nSPS) is 29.7. The van der Waals surface area contributed by atoms with Crippen LogP contribution < -0.4 is 14.5 Å². The lowest BCUT2D eigenvalue weighted by atomic mass is 9.77. The second-order valence-electron chi connectivity index (χ2n) is 8.49. The number of piperazine rings is 1. The Morgan fingerprint density at radius 3 is 2.64 bits per heavy atom. The molecule has 2 aromatic rings. The van der Waals surface area contributed by atoms with E-state index in [2.05, 4.69) is 5.29 Å². The van der Waals surface area contributed by atoms with Gasteiger partial charge in [0.05, 0.1) is 17.5 Å². The smallest absolute Gasteiger partial charge is 0.246 e. The fourth-order valence-electron chi connectivity index (χ4n) is 5.49. The number of ketones is 1. The number of para-hydroxylation sites is 1. The van der Waals surface area contributed by atoms with E-state index in [0.29, 0.717) is 17.1 Å². The largest absolute Gasteiger partial charge is 0.454 e. The Bertz CT molecular complexity index is 1250. The fraction of sp³-hybridized carbons (Fsp3) is 0.318. The molecule has 0 saturated carbocycles. The van der Waals surface area contributed by atoms with Crippen LogP contribution in [0.1, 0.15) is 22.0 Å². The Hall–Kier alpha value is -3.99. The van der Waals surface area contributed by atoms with Gasteiger partial charge < -0.3 is 24.4 Å². The third-order valence-corrected chi connectivity index (χ3v) is 6.86. The van der Waals surface area contributed by atoms with Crippen LogP contribution >= 0.6 is 0 Å². The maximum atomic E-state index is 13.7. The van der Waals surface area contributed by atoms with Gasteiger partial charge in [0.15, 0.2) is 23.0 Å².